The van der Waals surface area contributed by atoms with Crippen LogP contribution in [0.1, 0.15) is 16.8 Å². The van der Waals surface area contributed by atoms with Crippen molar-refractivity contribution in [2.45, 2.75) is 20.3 Å². The minimum absolute atomic E-state index is 0.0189. The lowest BCUT2D eigenvalue weighted by Gasteiger charge is -2.06. The molecule has 0 amide bonds. The molecule has 0 bridgehead atoms. The molecule has 0 fully saturated rings. The van der Waals surface area contributed by atoms with Crippen LogP contribution in [0.2, 0.25) is 0 Å². The maximum Gasteiger partial charge on any atom is 0.295 e. The van der Waals surface area contributed by atoms with E-state index in [4.69, 9.17) is 11.6 Å². The van der Waals surface area contributed by atoms with Gasteiger partial charge >= 0.3 is 0 Å². The van der Waals surface area contributed by atoms with E-state index in [0.717, 1.165) is 11.1 Å². The first kappa shape index (κ1) is 13.5. The molecule has 0 aliphatic rings. The van der Waals surface area contributed by atoms with Gasteiger partial charge in [-0.05, 0) is 31.0 Å². The highest BCUT2D eigenvalue weighted by atomic mass is 35.5. The number of hydrogen-bond donors (Lipinski definition) is 0. The Bertz CT molecular complexity index is 624. The number of nitrogens with zero attached hydrogens (tertiary/aromatic N) is 4. The summed E-state index contributed by atoms with van der Waals surface area (Å²) in [6, 6.07) is 3.29. The molecule has 0 unspecified atom stereocenters. The number of rotatable bonds is 4. The molecule has 100 valence electrons. The van der Waals surface area contributed by atoms with Crippen molar-refractivity contribution in [1.82, 2.24) is 15.0 Å². The first-order valence-electron chi connectivity index (χ1n) is 5.76. The number of benzene rings is 1. The van der Waals surface area contributed by atoms with E-state index in [-0.39, 0.29) is 5.69 Å². The number of aryl methyl sites for hydroxylation is 3. The Balaban J connectivity index is 2.53. The normalized spacial score (nSPS) is 10.7. The number of aromatic nitrogens is 3. The summed E-state index contributed by atoms with van der Waals surface area (Å²) in [7, 11) is 0. The van der Waals surface area contributed by atoms with Crippen LogP contribution in [0.15, 0.2) is 18.3 Å². The van der Waals surface area contributed by atoms with Crippen LogP contribution < -0.4 is 0 Å². The Kier molecular flexibility index (Phi) is 3.80. The summed E-state index contributed by atoms with van der Waals surface area (Å²) in [5.41, 5.74) is 2.99. The van der Waals surface area contributed by atoms with Gasteiger partial charge in [0, 0.05) is 18.4 Å². The fourth-order valence-electron chi connectivity index (χ4n) is 1.74. The van der Waals surface area contributed by atoms with E-state index in [1.807, 2.05) is 13.8 Å². The third kappa shape index (κ3) is 2.73. The molecule has 19 heavy (non-hydrogen) atoms. The van der Waals surface area contributed by atoms with Gasteiger partial charge in [0.15, 0.2) is 0 Å². The van der Waals surface area contributed by atoms with E-state index < -0.39 is 4.92 Å². The summed E-state index contributed by atoms with van der Waals surface area (Å²) >= 11 is 5.63. The van der Waals surface area contributed by atoms with Gasteiger partial charge in [-0.2, -0.15) is 0 Å². The fourth-order valence-corrected chi connectivity index (χ4v) is 1.94. The van der Waals surface area contributed by atoms with Crippen molar-refractivity contribution < 1.29 is 4.92 Å². The van der Waals surface area contributed by atoms with Gasteiger partial charge < -0.3 is 0 Å². The first-order chi connectivity index (χ1) is 9.02. The molecule has 0 saturated carbocycles. The zero-order valence-electron chi connectivity index (χ0n) is 10.6. The van der Waals surface area contributed by atoms with Crippen molar-refractivity contribution >= 4 is 17.3 Å². The van der Waals surface area contributed by atoms with Gasteiger partial charge in [0.2, 0.25) is 0 Å². The van der Waals surface area contributed by atoms with Crippen molar-refractivity contribution in [1.29, 1.82) is 0 Å². The number of nitro groups is 1. The molecule has 0 aliphatic heterocycles. The SMILES string of the molecule is Cc1cc(-n2cc(CCCl)nn2)c([N+](=O)[O-])cc1C. The Labute approximate surface area is 115 Å². The first-order valence-corrected chi connectivity index (χ1v) is 6.29. The van der Waals surface area contributed by atoms with Crippen LogP contribution in [-0.2, 0) is 6.42 Å². The summed E-state index contributed by atoms with van der Waals surface area (Å²) in [6.07, 6.45) is 2.25. The Hall–Kier alpha value is -1.95. The van der Waals surface area contributed by atoms with Crippen molar-refractivity contribution in [3.05, 3.63) is 45.3 Å². The molecule has 1 aromatic carbocycles. The zero-order chi connectivity index (χ0) is 14.0. The van der Waals surface area contributed by atoms with Gasteiger partial charge in [-0.25, -0.2) is 4.68 Å². The van der Waals surface area contributed by atoms with Gasteiger partial charge in [0.05, 0.1) is 16.8 Å². The summed E-state index contributed by atoms with van der Waals surface area (Å²) < 4.78 is 1.42. The predicted molar refractivity (Wildman–Crippen MR) is 71.9 cm³/mol. The highest BCUT2D eigenvalue weighted by Gasteiger charge is 2.18. The summed E-state index contributed by atoms with van der Waals surface area (Å²) in [5, 5.41) is 19.0. The van der Waals surface area contributed by atoms with E-state index in [1.165, 1.54) is 4.68 Å². The lowest BCUT2D eigenvalue weighted by Crippen LogP contribution is -2.02. The van der Waals surface area contributed by atoms with E-state index in [0.29, 0.717) is 23.7 Å². The Morgan fingerprint density at radius 1 is 1.37 bits per heavy atom. The highest BCUT2D eigenvalue weighted by molar-refractivity contribution is 6.17. The minimum atomic E-state index is -0.412. The second-order valence-corrected chi connectivity index (χ2v) is 4.65. The van der Waals surface area contributed by atoms with Crippen LogP contribution in [0.3, 0.4) is 0 Å². The quantitative estimate of drug-likeness (QED) is 0.490. The molecule has 0 atom stereocenters. The number of alkyl halides is 1. The van der Waals surface area contributed by atoms with Crippen LogP contribution >= 0.6 is 11.6 Å². The molecular formula is C12H13ClN4O2. The summed E-state index contributed by atoms with van der Waals surface area (Å²) in [4.78, 5) is 10.7. The molecule has 0 N–H and O–H groups in total. The average Bonchev–Trinajstić information content (AvgIpc) is 2.81. The third-order valence-electron chi connectivity index (χ3n) is 2.93. The molecular weight excluding hydrogens is 268 g/mol. The van der Waals surface area contributed by atoms with Gasteiger partial charge in [-0.3, -0.25) is 10.1 Å². The van der Waals surface area contributed by atoms with E-state index in [9.17, 15) is 10.1 Å². The van der Waals surface area contributed by atoms with Crippen LogP contribution in [-0.4, -0.2) is 25.8 Å². The molecule has 0 spiro atoms. The molecule has 2 aromatic rings. The molecule has 0 saturated heterocycles. The summed E-state index contributed by atoms with van der Waals surface area (Å²) in [6.45, 7) is 3.74. The van der Waals surface area contributed by atoms with Crippen molar-refractivity contribution in [2.75, 3.05) is 5.88 Å². The monoisotopic (exact) mass is 280 g/mol. The highest BCUT2D eigenvalue weighted by Crippen LogP contribution is 2.26. The second kappa shape index (κ2) is 5.36. The van der Waals surface area contributed by atoms with Crippen molar-refractivity contribution in [2.24, 2.45) is 0 Å². The fraction of sp³-hybridized carbons (Fsp3) is 0.333. The zero-order valence-corrected chi connectivity index (χ0v) is 11.4. The van der Waals surface area contributed by atoms with Gasteiger partial charge in [0.1, 0.15) is 5.69 Å². The number of halogens is 1. The van der Waals surface area contributed by atoms with E-state index in [2.05, 4.69) is 10.3 Å². The van der Waals surface area contributed by atoms with Crippen molar-refractivity contribution in [3.8, 4) is 5.69 Å². The largest absolute Gasteiger partial charge is 0.295 e. The lowest BCUT2D eigenvalue weighted by atomic mass is 10.1. The number of nitro benzene ring substituents is 1. The van der Waals surface area contributed by atoms with Crippen LogP contribution in [0, 0.1) is 24.0 Å². The maximum atomic E-state index is 11.1. The maximum absolute atomic E-state index is 11.1. The molecule has 2 rings (SSSR count). The van der Waals surface area contributed by atoms with E-state index >= 15 is 0 Å². The molecule has 0 radical (unpaired) electrons. The molecule has 6 nitrogen and oxygen atoms in total. The van der Waals surface area contributed by atoms with Crippen LogP contribution in [0.25, 0.3) is 5.69 Å². The van der Waals surface area contributed by atoms with Gasteiger partial charge in [-0.1, -0.05) is 5.21 Å². The Morgan fingerprint density at radius 2 is 2.05 bits per heavy atom. The van der Waals surface area contributed by atoms with Gasteiger partial charge in [-0.15, -0.1) is 16.7 Å². The number of hydrogen-bond acceptors (Lipinski definition) is 4. The molecule has 0 aliphatic carbocycles. The lowest BCUT2D eigenvalue weighted by molar-refractivity contribution is -0.384. The van der Waals surface area contributed by atoms with E-state index in [1.54, 1.807) is 18.3 Å². The Morgan fingerprint density at radius 3 is 2.68 bits per heavy atom. The van der Waals surface area contributed by atoms with Crippen LogP contribution in [0.5, 0.6) is 0 Å². The summed E-state index contributed by atoms with van der Waals surface area (Å²) in [5.74, 6) is 0.438. The van der Waals surface area contributed by atoms with Gasteiger partial charge in [0.25, 0.3) is 5.69 Å². The second-order valence-electron chi connectivity index (χ2n) is 4.28. The predicted octanol–water partition coefficient (Wildman–Crippen LogP) is 2.57. The van der Waals surface area contributed by atoms with Crippen LogP contribution in [0.4, 0.5) is 5.69 Å². The molecule has 1 aromatic heterocycles. The third-order valence-corrected chi connectivity index (χ3v) is 3.11. The molecule has 1 heterocycles. The topological polar surface area (TPSA) is 73.8 Å². The minimum Gasteiger partial charge on any atom is -0.258 e. The smallest absolute Gasteiger partial charge is 0.258 e. The van der Waals surface area contributed by atoms with Crippen molar-refractivity contribution in [3.63, 3.8) is 0 Å². The molecule has 7 heteroatoms. The average molecular weight is 281 g/mol. The standard InChI is InChI=1S/C12H13ClN4O2/c1-8-5-11(12(17(18)19)6-9(8)2)16-7-10(3-4-13)14-15-16/h5-7H,3-4H2,1-2H3.